The van der Waals surface area contributed by atoms with E-state index in [4.69, 9.17) is 0 Å². The maximum atomic E-state index is 9.45. The van der Waals surface area contributed by atoms with Gasteiger partial charge in [-0.1, -0.05) is 19.9 Å². The van der Waals surface area contributed by atoms with Crippen molar-refractivity contribution in [3.63, 3.8) is 0 Å². The van der Waals surface area contributed by atoms with Gasteiger partial charge in [0.15, 0.2) is 5.69 Å². The van der Waals surface area contributed by atoms with E-state index in [1.165, 1.54) is 0 Å². The third-order valence-electron chi connectivity index (χ3n) is 3.81. The van der Waals surface area contributed by atoms with E-state index >= 15 is 0 Å². The lowest BCUT2D eigenvalue weighted by molar-refractivity contribution is 0.575. The molecule has 0 atom stereocenters. The molecule has 0 N–H and O–H groups in total. The standard InChI is InChI=1S/C19H18N4/c1-13(2)3-6-19-22-17-5-4-15(14-7-9-21-10-8-14)11-16(17)18(12-20)23-19/h4-5,7-11,13H,3,6H2,1-2H3. The SMILES string of the molecule is CC(C)CCc1nc(C#N)c2cc(-c3ccncc3)ccc2n1. The molecule has 2 heterocycles. The van der Waals surface area contributed by atoms with Gasteiger partial charge in [-0.25, -0.2) is 9.97 Å². The van der Waals surface area contributed by atoms with E-state index < -0.39 is 0 Å². The van der Waals surface area contributed by atoms with Gasteiger partial charge < -0.3 is 0 Å². The number of benzene rings is 1. The second kappa shape index (κ2) is 6.53. The highest BCUT2D eigenvalue weighted by atomic mass is 14.9. The maximum Gasteiger partial charge on any atom is 0.152 e. The molecule has 4 heteroatoms. The highest BCUT2D eigenvalue weighted by Crippen LogP contribution is 2.25. The fourth-order valence-corrected chi connectivity index (χ4v) is 2.52. The van der Waals surface area contributed by atoms with Crippen LogP contribution in [-0.2, 0) is 6.42 Å². The normalized spacial score (nSPS) is 10.9. The molecule has 0 aliphatic rings. The average molecular weight is 302 g/mol. The summed E-state index contributed by atoms with van der Waals surface area (Å²) in [6, 6.07) is 12.1. The van der Waals surface area contributed by atoms with Crippen LogP contribution >= 0.6 is 0 Å². The van der Waals surface area contributed by atoms with E-state index in [9.17, 15) is 5.26 Å². The van der Waals surface area contributed by atoms with E-state index in [0.29, 0.717) is 11.6 Å². The number of hydrogen-bond acceptors (Lipinski definition) is 4. The topological polar surface area (TPSA) is 62.5 Å². The van der Waals surface area contributed by atoms with E-state index in [0.717, 1.165) is 40.7 Å². The van der Waals surface area contributed by atoms with Crippen molar-refractivity contribution < 1.29 is 0 Å². The number of pyridine rings is 1. The minimum atomic E-state index is 0.449. The van der Waals surface area contributed by atoms with Crippen LogP contribution in [0, 0.1) is 17.2 Å². The van der Waals surface area contributed by atoms with Crippen LogP contribution in [0.25, 0.3) is 22.0 Å². The van der Waals surface area contributed by atoms with Crippen LogP contribution in [0.15, 0.2) is 42.7 Å². The van der Waals surface area contributed by atoms with Crippen molar-refractivity contribution in [1.82, 2.24) is 15.0 Å². The molecule has 3 aromatic rings. The molecule has 0 saturated heterocycles. The third-order valence-corrected chi connectivity index (χ3v) is 3.81. The van der Waals surface area contributed by atoms with Crippen molar-refractivity contribution in [2.45, 2.75) is 26.7 Å². The first-order chi connectivity index (χ1) is 11.2. The number of nitrogens with zero attached hydrogens (tertiary/aromatic N) is 4. The molecule has 0 bridgehead atoms. The zero-order valence-corrected chi connectivity index (χ0v) is 13.3. The van der Waals surface area contributed by atoms with Gasteiger partial charge in [0.1, 0.15) is 11.9 Å². The summed E-state index contributed by atoms with van der Waals surface area (Å²) in [5.74, 6) is 1.34. The van der Waals surface area contributed by atoms with Crippen molar-refractivity contribution in [2.24, 2.45) is 5.92 Å². The number of rotatable bonds is 4. The highest BCUT2D eigenvalue weighted by molar-refractivity contribution is 5.87. The molecule has 3 rings (SSSR count). The second-order valence-electron chi connectivity index (χ2n) is 6.00. The molecule has 0 aliphatic carbocycles. The molecule has 0 saturated carbocycles. The molecule has 0 amide bonds. The fraction of sp³-hybridized carbons (Fsp3) is 0.263. The lowest BCUT2D eigenvalue weighted by atomic mass is 10.0. The van der Waals surface area contributed by atoms with E-state index in [2.05, 4.69) is 34.9 Å². The Labute approximate surface area is 135 Å². The van der Waals surface area contributed by atoms with E-state index in [1.807, 2.05) is 30.3 Å². The summed E-state index contributed by atoms with van der Waals surface area (Å²) in [7, 11) is 0. The Bertz CT molecular complexity index is 864. The smallest absolute Gasteiger partial charge is 0.152 e. The summed E-state index contributed by atoms with van der Waals surface area (Å²) in [6.45, 7) is 4.35. The molecular formula is C19H18N4. The number of aromatic nitrogens is 3. The summed E-state index contributed by atoms with van der Waals surface area (Å²) in [6.07, 6.45) is 5.34. The predicted octanol–water partition coefficient (Wildman–Crippen LogP) is 4.15. The van der Waals surface area contributed by atoms with Crippen molar-refractivity contribution in [2.75, 3.05) is 0 Å². The molecule has 0 spiro atoms. The van der Waals surface area contributed by atoms with Gasteiger partial charge in [0.05, 0.1) is 5.52 Å². The second-order valence-corrected chi connectivity index (χ2v) is 6.00. The summed E-state index contributed by atoms with van der Waals surface area (Å²) < 4.78 is 0. The first-order valence-corrected chi connectivity index (χ1v) is 7.78. The first-order valence-electron chi connectivity index (χ1n) is 7.78. The van der Waals surface area contributed by atoms with E-state index in [-0.39, 0.29) is 0 Å². The van der Waals surface area contributed by atoms with Crippen LogP contribution in [0.4, 0.5) is 0 Å². The van der Waals surface area contributed by atoms with Gasteiger partial charge in [-0.3, -0.25) is 4.98 Å². The molecule has 0 radical (unpaired) electrons. The summed E-state index contributed by atoms with van der Waals surface area (Å²) in [4.78, 5) is 13.1. The van der Waals surface area contributed by atoms with Crippen molar-refractivity contribution >= 4 is 10.9 Å². The molecule has 0 unspecified atom stereocenters. The lowest BCUT2D eigenvalue weighted by Crippen LogP contribution is -2.01. The van der Waals surface area contributed by atoms with Crippen molar-refractivity contribution in [1.29, 1.82) is 5.26 Å². The minimum Gasteiger partial charge on any atom is -0.265 e. The van der Waals surface area contributed by atoms with Gasteiger partial charge in [0, 0.05) is 24.2 Å². The third kappa shape index (κ3) is 3.35. The van der Waals surface area contributed by atoms with E-state index in [1.54, 1.807) is 12.4 Å². The Morgan fingerprint density at radius 1 is 1.04 bits per heavy atom. The summed E-state index contributed by atoms with van der Waals surface area (Å²) in [5, 5.41) is 10.2. The maximum absolute atomic E-state index is 9.45. The lowest BCUT2D eigenvalue weighted by Gasteiger charge is -2.08. The number of hydrogen-bond donors (Lipinski definition) is 0. The zero-order valence-electron chi connectivity index (χ0n) is 13.3. The van der Waals surface area contributed by atoms with Gasteiger partial charge in [-0.2, -0.15) is 5.26 Å². The largest absolute Gasteiger partial charge is 0.265 e. The highest BCUT2D eigenvalue weighted by Gasteiger charge is 2.09. The average Bonchev–Trinajstić information content (AvgIpc) is 2.59. The molecule has 2 aromatic heterocycles. The fourth-order valence-electron chi connectivity index (χ4n) is 2.52. The Kier molecular flexibility index (Phi) is 4.29. The van der Waals surface area contributed by atoms with Gasteiger partial charge in [0.25, 0.3) is 0 Å². The van der Waals surface area contributed by atoms with Crippen LogP contribution in [0.5, 0.6) is 0 Å². The van der Waals surface area contributed by atoms with Crippen LogP contribution in [0.1, 0.15) is 31.8 Å². The molecule has 114 valence electrons. The van der Waals surface area contributed by atoms with Gasteiger partial charge in [-0.15, -0.1) is 0 Å². The Morgan fingerprint density at radius 2 is 1.83 bits per heavy atom. The summed E-state index contributed by atoms with van der Waals surface area (Å²) in [5.41, 5.74) is 3.38. The first kappa shape index (κ1) is 15.1. The van der Waals surface area contributed by atoms with Crippen molar-refractivity contribution in [3.05, 3.63) is 54.2 Å². The molecule has 0 fully saturated rings. The molecular weight excluding hydrogens is 284 g/mol. The Hall–Kier alpha value is -2.80. The monoisotopic (exact) mass is 302 g/mol. The number of fused-ring (bicyclic) bond motifs is 1. The van der Waals surface area contributed by atoms with Crippen molar-refractivity contribution in [3.8, 4) is 17.2 Å². The minimum absolute atomic E-state index is 0.449. The van der Waals surface area contributed by atoms with Gasteiger partial charge >= 0.3 is 0 Å². The van der Waals surface area contributed by atoms with Crippen LogP contribution < -0.4 is 0 Å². The van der Waals surface area contributed by atoms with Crippen LogP contribution in [0.2, 0.25) is 0 Å². The Balaban J connectivity index is 2.06. The molecule has 4 nitrogen and oxygen atoms in total. The van der Waals surface area contributed by atoms with Crippen LogP contribution in [0.3, 0.4) is 0 Å². The molecule has 1 aromatic carbocycles. The molecule has 23 heavy (non-hydrogen) atoms. The Morgan fingerprint density at radius 3 is 2.52 bits per heavy atom. The zero-order chi connectivity index (χ0) is 16.2. The van der Waals surface area contributed by atoms with Gasteiger partial charge in [0.2, 0.25) is 0 Å². The predicted molar refractivity (Wildman–Crippen MR) is 90.6 cm³/mol. The van der Waals surface area contributed by atoms with Gasteiger partial charge in [-0.05, 0) is 47.7 Å². The molecule has 0 aliphatic heterocycles. The quantitative estimate of drug-likeness (QED) is 0.726. The number of nitriles is 1. The van der Waals surface area contributed by atoms with Crippen LogP contribution in [-0.4, -0.2) is 15.0 Å². The number of aryl methyl sites for hydroxylation is 1. The summed E-state index contributed by atoms with van der Waals surface area (Å²) >= 11 is 0.